The molecule has 0 atom stereocenters. The minimum Gasteiger partial charge on any atom is -0.369 e. The molecule has 0 unspecified atom stereocenters. The first-order valence-corrected chi connectivity index (χ1v) is 7.34. The maximum absolute atomic E-state index is 11.7. The molecule has 0 bridgehead atoms. The molecule has 2 heterocycles. The van der Waals surface area contributed by atoms with Crippen LogP contribution in [-0.2, 0) is 0 Å². The number of H-pyrrole nitrogens is 1. The minimum atomic E-state index is -0.212. The molecule has 108 valence electrons. The first kappa shape index (κ1) is 14.6. The van der Waals surface area contributed by atoms with Gasteiger partial charge in [0.15, 0.2) is 5.16 Å². The van der Waals surface area contributed by atoms with Gasteiger partial charge in [0.2, 0.25) is 0 Å². The molecule has 0 saturated carbocycles. The van der Waals surface area contributed by atoms with Gasteiger partial charge in [0.05, 0.1) is 12.4 Å². The standard InChI is InChI=1S/C12H18N6OS/c1-4-5-14-9-6-13-7-10(15-9)20-12-17-16-11(19)18(12)8(2)3/h6-8H,4-5H2,1-3H3,(H,14,15)(H,16,19). The van der Waals surface area contributed by atoms with Crippen LogP contribution in [0.2, 0.25) is 0 Å². The molecule has 0 spiro atoms. The van der Waals surface area contributed by atoms with Crippen LogP contribution in [0.3, 0.4) is 0 Å². The zero-order chi connectivity index (χ0) is 14.5. The van der Waals surface area contributed by atoms with Crippen molar-refractivity contribution in [3.63, 3.8) is 0 Å². The fourth-order valence-electron chi connectivity index (χ4n) is 1.65. The molecule has 0 amide bonds. The molecular weight excluding hydrogens is 276 g/mol. The summed E-state index contributed by atoms with van der Waals surface area (Å²) in [5.74, 6) is 0.728. The van der Waals surface area contributed by atoms with Crippen molar-refractivity contribution >= 4 is 17.6 Å². The van der Waals surface area contributed by atoms with Crippen molar-refractivity contribution < 1.29 is 0 Å². The Morgan fingerprint density at radius 1 is 1.45 bits per heavy atom. The maximum atomic E-state index is 11.7. The fourth-order valence-corrected chi connectivity index (χ4v) is 2.57. The molecule has 2 rings (SSSR count). The van der Waals surface area contributed by atoms with Gasteiger partial charge in [-0.3, -0.25) is 9.55 Å². The number of hydrogen-bond donors (Lipinski definition) is 2. The summed E-state index contributed by atoms with van der Waals surface area (Å²) in [5.41, 5.74) is -0.212. The van der Waals surface area contributed by atoms with Gasteiger partial charge < -0.3 is 5.32 Å². The third-order valence-electron chi connectivity index (χ3n) is 2.55. The van der Waals surface area contributed by atoms with Gasteiger partial charge in [-0.2, -0.15) is 0 Å². The zero-order valence-electron chi connectivity index (χ0n) is 11.8. The van der Waals surface area contributed by atoms with Gasteiger partial charge in [0.1, 0.15) is 10.8 Å². The van der Waals surface area contributed by atoms with E-state index in [1.54, 1.807) is 17.0 Å². The highest BCUT2D eigenvalue weighted by atomic mass is 32.2. The van der Waals surface area contributed by atoms with Crippen molar-refractivity contribution in [1.29, 1.82) is 0 Å². The molecule has 0 aliphatic carbocycles. The molecule has 0 aliphatic heterocycles. The lowest BCUT2D eigenvalue weighted by Crippen LogP contribution is -2.19. The van der Waals surface area contributed by atoms with E-state index in [9.17, 15) is 4.79 Å². The highest BCUT2D eigenvalue weighted by Crippen LogP contribution is 2.24. The van der Waals surface area contributed by atoms with Crippen LogP contribution in [0.15, 0.2) is 27.4 Å². The van der Waals surface area contributed by atoms with E-state index in [0.29, 0.717) is 10.2 Å². The van der Waals surface area contributed by atoms with Crippen LogP contribution in [0, 0.1) is 0 Å². The molecule has 2 aromatic rings. The van der Waals surface area contributed by atoms with Gasteiger partial charge in [-0.1, -0.05) is 6.92 Å². The number of aromatic amines is 1. The van der Waals surface area contributed by atoms with Gasteiger partial charge in [0, 0.05) is 12.6 Å². The number of aromatic nitrogens is 5. The van der Waals surface area contributed by atoms with Gasteiger partial charge in [0.25, 0.3) is 0 Å². The largest absolute Gasteiger partial charge is 0.369 e. The van der Waals surface area contributed by atoms with E-state index in [-0.39, 0.29) is 11.7 Å². The summed E-state index contributed by atoms with van der Waals surface area (Å²) in [7, 11) is 0. The van der Waals surface area contributed by atoms with Crippen molar-refractivity contribution in [1.82, 2.24) is 24.7 Å². The molecule has 0 fully saturated rings. The number of anilines is 1. The summed E-state index contributed by atoms with van der Waals surface area (Å²) < 4.78 is 1.60. The Morgan fingerprint density at radius 2 is 2.25 bits per heavy atom. The molecule has 2 aromatic heterocycles. The number of nitrogens with zero attached hydrogens (tertiary/aromatic N) is 4. The minimum absolute atomic E-state index is 0.0399. The average molecular weight is 294 g/mol. The molecular formula is C12H18N6OS. The highest BCUT2D eigenvalue weighted by Gasteiger charge is 2.13. The quantitative estimate of drug-likeness (QED) is 0.846. The normalized spacial score (nSPS) is 11.0. The first-order chi connectivity index (χ1) is 9.61. The smallest absolute Gasteiger partial charge is 0.344 e. The van der Waals surface area contributed by atoms with Crippen molar-refractivity contribution in [2.24, 2.45) is 0 Å². The third kappa shape index (κ3) is 3.38. The molecule has 0 saturated heterocycles. The average Bonchev–Trinajstić information content (AvgIpc) is 2.78. The van der Waals surface area contributed by atoms with E-state index >= 15 is 0 Å². The lowest BCUT2D eigenvalue weighted by Gasteiger charge is -2.08. The summed E-state index contributed by atoms with van der Waals surface area (Å²) in [5, 5.41) is 11.0. The van der Waals surface area contributed by atoms with Crippen LogP contribution in [0.5, 0.6) is 0 Å². The molecule has 0 aliphatic rings. The lowest BCUT2D eigenvalue weighted by molar-refractivity contribution is 0.534. The topological polar surface area (TPSA) is 88.5 Å². The van der Waals surface area contributed by atoms with Crippen LogP contribution in [0.1, 0.15) is 33.2 Å². The Balaban J connectivity index is 2.20. The summed E-state index contributed by atoms with van der Waals surface area (Å²) >= 11 is 1.32. The Morgan fingerprint density at radius 3 is 2.95 bits per heavy atom. The third-order valence-corrected chi connectivity index (χ3v) is 3.43. The van der Waals surface area contributed by atoms with Crippen LogP contribution in [0.4, 0.5) is 5.82 Å². The molecule has 8 heteroatoms. The lowest BCUT2D eigenvalue weighted by atomic mass is 10.4. The van der Waals surface area contributed by atoms with Gasteiger partial charge in [-0.05, 0) is 32.0 Å². The maximum Gasteiger partial charge on any atom is 0.344 e. The van der Waals surface area contributed by atoms with E-state index in [4.69, 9.17) is 0 Å². The Bertz CT molecular complexity index is 620. The van der Waals surface area contributed by atoms with Gasteiger partial charge in [-0.25, -0.2) is 14.9 Å². The van der Waals surface area contributed by atoms with E-state index in [0.717, 1.165) is 18.8 Å². The van der Waals surface area contributed by atoms with Crippen molar-refractivity contribution in [3.05, 3.63) is 22.9 Å². The predicted molar refractivity (Wildman–Crippen MR) is 78.2 cm³/mol. The van der Waals surface area contributed by atoms with Crippen LogP contribution >= 0.6 is 11.8 Å². The summed E-state index contributed by atoms with van der Waals surface area (Å²) in [6, 6.07) is 0.0399. The number of nitrogens with one attached hydrogen (secondary N) is 2. The van der Waals surface area contributed by atoms with Crippen molar-refractivity contribution in [3.8, 4) is 0 Å². The van der Waals surface area contributed by atoms with E-state index < -0.39 is 0 Å². The zero-order valence-corrected chi connectivity index (χ0v) is 12.6. The van der Waals surface area contributed by atoms with E-state index in [1.807, 2.05) is 13.8 Å². The Labute approximate surface area is 121 Å². The van der Waals surface area contributed by atoms with Crippen LogP contribution in [0.25, 0.3) is 0 Å². The summed E-state index contributed by atoms with van der Waals surface area (Å²) in [4.78, 5) is 20.2. The molecule has 7 nitrogen and oxygen atoms in total. The SMILES string of the molecule is CCCNc1cncc(Sc2n[nH]c(=O)n2C(C)C)n1. The van der Waals surface area contributed by atoms with E-state index in [2.05, 4.69) is 32.4 Å². The monoisotopic (exact) mass is 294 g/mol. The second-order valence-corrected chi connectivity index (χ2v) is 5.53. The Hall–Kier alpha value is -1.83. The first-order valence-electron chi connectivity index (χ1n) is 6.52. The molecule has 0 aromatic carbocycles. The molecule has 2 N–H and O–H groups in total. The second kappa shape index (κ2) is 6.56. The second-order valence-electron chi connectivity index (χ2n) is 4.55. The molecule has 20 heavy (non-hydrogen) atoms. The van der Waals surface area contributed by atoms with Crippen LogP contribution < -0.4 is 11.0 Å². The van der Waals surface area contributed by atoms with Crippen molar-refractivity contribution in [2.45, 2.75) is 43.4 Å². The van der Waals surface area contributed by atoms with E-state index in [1.165, 1.54) is 11.8 Å². The summed E-state index contributed by atoms with van der Waals surface area (Å²) in [6.07, 6.45) is 4.36. The highest BCUT2D eigenvalue weighted by molar-refractivity contribution is 7.99. The van der Waals surface area contributed by atoms with Gasteiger partial charge in [-0.15, -0.1) is 5.10 Å². The Kier molecular flexibility index (Phi) is 4.78. The fraction of sp³-hybridized carbons (Fsp3) is 0.500. The van der Waals surface area contributed by atoms with Crippen molar-refractivity contribution in [2.75, 3.05) is 11.9 Å². The number of rotatable bonds is 6. The van der Waals surface area contributed by atoms with Crippen LogP contribution in [-0.4, -0.2) is 31.3 Å². The summed E-state index contributed by atoms with van der Waals surface area (Å²) in [6.45, 7) is 6.81. The molecule has 0 radical (unpaired) electrons. The van der Waals surface area contributed by atoms with Gasteiger partial charge >= 0.3 is 5.69 Å². The number of hydrogen-bond acceptors (Lipinski definition) is 6. The predicted octanol–water partition coefficient (Wildman–Crippen LogP) is 1.92.